The minimum Gasteiger partial charge on any atom is -0.481 e. The van der Waals surface area contributed by atoms with Crippen LogP contribution < -0.4 is 10.6 Å². The van der Waals surface area contributed by atoms with Crippen molar-refractivity contribution < 1.29 is 14.7 Å². The molecule has 2 aliphatic rings. The van der Waals surface area contributed by atoms with E-state index in [4.69, 9.17) is 10.1 Å². The van der Waals surface area contributed by atoms with Gasteiger partial charge < -0.3 is 15.7 Å². The molecule has 2 aromatic rings. The van der Waals surface area contributed by atoms with Crippen LogP contribution in [0.2, 0.25) is 0 Å². The minimum atomic E-state index is -0.745. The minimum absolute atomic E-state index is 0.00921. The Morgan fingerprint density at radius 3 is 2.43 bits per heavy atom. The van der Waals surface area contributed by atoms with Crippen molar-refractivity contribution >= 4 is 28.9 Å². The first-order chi connectivity index (χ1) is 13.6. The second-order valence-corrected chi connectivity index (χ2v) is 8.68. The molecule has 0 radical (unpaired) electrons. The van der Waals surface area contributed by atoms with Crippen LogP contribution in [0.25, 0.3) is 10.6 Å². The smallest absolute Gasteiger partial charge is 0.306 e. The Balaban J connectivity index is 1.37. The number of nitrogens with zero attached hydrogens (tertiary/aromatic N) is 1. The Bertz CT molecular complexity index is 831. The van der Waals surface area contributed by atoms with Crippen LogP contribution in [0.15, 0.2) is 24.3 Å². The molecule has 1 aliphatic carbocycles. The van der Waals surface area contributed by atoms with Crippen LogP contribution in [-0.4, -0.2) is 35.1 Å². The lowest BCUT2D eigenvalue weighted by Crippen LogP contribution is -2.29. The van der Waals surface area contributed by atoms with E-state index in [-0.39, 0.29) is 17.7 Å². The van der Waals surface area contributed by atoms with Crippen LogP contribution in [-0.2, 0) is 22.4 Å². The monoisotopic (exact) mass is 399 g/mol. The molecule has 148 valence electrons. The van der Waals surface area contributed by atoms with Gasteiger partial charge in [-0.3, -0.25) is 9.59 Å². The normalized spacial score (nSPS) is 22.1. The maximum atomic E-state index is 12.5. The molecule has 0 spiro atoms. The molecule has 0 saturated heterocycles. The van der Waals surface area contributed by atoms with Crippen molar-refractivity contribution in [2.45, 2.75) is 38.5 Å². The topological polar surface area (TPSA) is 91.3 Å². The van der Waals surface area contributed by atoms with Gasteiger partial charge in [0, 0.05) is 41.6 Å². The number of thiazole rings is 1. The number of aromatic nitrogens is 1. The molecule has 6 nitrogen and oxygen atoms in total. The first kappa shape index (κ1) is 19.1. The number of carbonyl (C=O) groups excluding carboxylic acids is 1. The number of hydrogen-bond acceptors (Lipinski definition) is 5. The van der Waals surface area contributed by atoms with Gasteiger partial charge in [-0.1, -0.05) is 0 Å². The van der Waals surface area contributed by atoms with E-state index in [0.717, 1.165) is 42.2 Å². The van der Waals surface area contributed by atoms with Crippen LogP contribution in [0, 0.1) is 11.8 Å². The Kier molecular flexibility index (Phi) is 5.73. The summed E-state index contributed by atoms with van der Waals surface area (Å²) in [5, 5.41) is 16.5. The van der Waals surface area contributed by atoms with E-state index in [1.165, 1.54) is 10.6 Å². The highest BCUT2D eigenvalue weighted by Gasteiger charge is 2.29. The molecule has 2 heterocycles. The molecule has 0 atom stereocenters. The molecule has 0 unspecified atom stereocenters. The maximum absolute atomic E-state index is 12.5. The number of carbonyl (C=O) groups is 2. The Hall–Kier alpha value is -2.25. The van der Waals surface area contributed by atoms with Crippen molar-refractivity contribution in [1.29, 1.82) is 0 Å². The van der Waals surface area contributed by atoms with Crippen LogP contribution in [0.3, 0.4) is 0 Å². The van der Waals surface area contributed by atoms with Crippen molar-refractivity contribution in [2.24, 2.45) is 11.8 Å². The Morgan fingerprint density at radius 2 is 1.71 bits per heavy atom. The van der Waals surface area contributed by atoms with Crippen molar-refractivity contribution in [3.8, 4) is 10.6 Å². The highest BCUT2D eigenvalue weighted by molar-refractivity contribution is 7.15. The van der Waals surface area contributed by atoms with E-state index in [0.29, 0.717) is 25.7 Å². The van der Waals surface area contributed by atoms with Crippen LogP contribution in [0.1, 0.15) is 36.3 Å². The van der Waals surface area contributed by atoms with E-state index in [1.807, 2.05) is 24.3 Å². The summed E-state index contributed by atoms with van der Waals surface area (Å²) in [5.41, 5.74) is 3.06. The second-order valence-electron chi connectivity index (χ2n) is 7.59. The van der Waals surface area contributed by atoms with Gasteiger partial charge in [0.25, 0.3) is 0 Å². The zero-order chi connectivity index (χ0) is 19.5. The number of nitrogens with one attached hydrogen (secondary N) is 2. The molecule has 1 fully saturated rings. The third-order valence-corrected chi connectivity index (χ3v) is 6.90. The summed E-state index contributed by atoms with van der Waals surface area (Å²) in [7, 11) is 0. The summed E-state index contributed by atoms with van der Waals surface area (Å²) in [4.78, 5) is 29.7. The Morgan fingerprint density at radius 1 is 1.04 bits per heavy atom. The molecule has 7 heteroatoms. The number of anilines is 1. The number of benzene rings is 1. The summed E-state index contributed by atoms with van der Waals surface area (Å²) in [6, 6.07) is 7.86. The third-order valence-electron chi connectivity index (χ3n) is 5.69. The van der Waals surface area contributed by atoms with Gasteiger partial charge in [-0.05, 0) is 56.4 Å². The number of rotatable bonds is 4. The van der Waals surface area contributed by atoms with Crippen molar-refractivity contribution in [1.82, 2.24) is 10.3 Å². The third kappa shape index (κ3) is 4.25. The van der Waals surface area contributed by atoms with E-state index >= 15 is 0 Å². The van der Waals surface area contributed by atoms with Gasteiger partial charge in [0.1, 0.15) is 5.01 Å². The summed E-state index contributed by atoms with van der Waals surface area (Å²) in [5.74, 6) is -1.15. The number of carboxylic acids is 1. The zero-order valence-electron chi connectivity index (χ0n) is 15.7. The molecule has 1 aromatic heterocycles. The van der Waals surface area contributed by atoms with E-state index in [9.17, 15) is 9.59 Å². The molecular weight excluding hydrogens is 374 g/mol. The van der Waals surface area contributed by atoms with Gasteiger partial charge in [0.05, 0.1) is 11.6 Å². The number of amides is 1. The van der Waals surface area contributed by atoms with Gasteiger partial charge in [0.15, 0.2) is 0 Å². The Labute approximate surface area is 168 Å². The van der Waals surface area contributed by atoms with Crippen LogP contribution in [0.5, 0.6) is 0 Å². The summed E-state index contributed by atoms with van der Waals surface area (Å²) in [6.45, 7) is 1.99. The lowest BCUT2D eigenvalue weighted by atomic mass is 9.81. The lowest BCUT2D eigenvalue weighted by molar-refractivity contribution is -0.143. The van der Waals surface area contributed by atoms with Gasteiger partial charge in [-0.2, -0.15) is 0 Å². The number of aliphatic carboxylic acids is 1. The zero-order valence-corrected chi connectivity index (χ0v) is 16.6. The van der Waals surface area contributed by atoms with E-state index in [2.05, 4.69) is 10.6 Å². The van der Waals surface area contributed by atoms with Gasteiger partial charge >= 0.3 is 5.97 Å². The van der Waals surface area contributed by atoms with Crippen molar-refractivity contribution in [3.63, 3.8) is 0 Å². The molecule has 0 bridgehead atoms. The average Bonchev–Trinajstić information content (AvgIpc) is 2.99. The molecular formula is C21H25N3O3S. The molecule has 3 N–H and O–H groups in total. The number of hydrogen-bond donors (Lipinski definition) is 3. The fourth-order valence-electron chi connectivity index (χ4n) is 3.97. The summed E-state index contributed by atoms with van der Waals surface area (Å²) >= 11 is 1.76. The first-order valence-electron chi connectivity index (χ1n) is 9.93. The maximum Gasteiger partial charge on any atom is 0.306 e. The quantitative estimate of drug-likeness (QED) is 0.734. The first-order valence-corrected chi connectivity index (χ1v) is 10.7. The summed E-state index contributed by atoms with van der Waals surface area (Å²) < 4.78 is 0. The van der Waals surface area contributed by atoms with Gasteiger partial charge in [-0.25, -0.2) is 4.98 Å². The highest BCUT2D eigenvalue weighted by Crippen LogP contribution is 2.32. The van der Waals surface area contributed by atoms with Gasteiger partial charge in [-0.15, -0.1) is 11.3 Å². The summed E-state index contributed by atoms with van der Waals surface area (Å²) in [6.07, 6.45) is 4.45. The lowest BCUT2D eigenvalue weighted by Gasteiger charge is -2.25. The molecule has 1 amide bonds. The van der Waals surface area contributed by atoms with E-state index < -0.39 is 5.97 Å². The van der Waals surface area contributed by atoms with Crippen LogP contribution >= 0.6 is 11.3 Å². The molecule has 28 heavy (non-hydrogen) atoms. The fraction of sp³-hybridized carbons (Fsp3) is 0.476. The molecule has 1 aromatic carbocycles. The SMILES string of the molecule is O=C(O)[C@H]1CC[C@H](C(=O)Nc2ccc(-c3nc4c(s3)CCNCC4)cc2)CC1. The fourth-order valence-corrected chi connectivity index (χ4v) is 5.09. The van der Waals surface area contributed by atoms with Crippen molar-refractivity contribution in [3.05, 3.63) is 34.8 Å². The molecule has 4 rings (SSSR count). The molecule has 1 saturated carbocycles. The predicted octanol–water partition coefficient (Wildman–Crippen LogP) is 3.33. The highest BCUT2D eigenvalue weighted by atomic mass is 32.1. The predicted molar refractivity (Wildman–Crippen MR) is 110 cm³/mol. The van der Waals surface area contributed by atoms with Crippen molar-refractivity contribution in [2.75, 3.05) is 18.4 Å². The second kappa shape index (κ2) is 8.41. The molecule has 1 aliphatic heterocycles. The standard InChI is InChI=1S/C21H25N3O3S/c25-19(13-1-3-15(4-2-13)21(26)27)23-16-7-5-14(6-8-16)20-24-17-9-11-22-12-10-18(17)28-20/h5-8,13,15,22H,1-4,9-12H2,(H,23,25)(H,26,27)/t13-,15-. The van der Waals surface area contributed by atoms with E-state index in [1.54, 1.807) is 11.3 Å². The van der Waals surface area contributed by atoms with Gasteiger partial charge in [0.2, 0.25) is 5.91 Å². The number of carboxylic acid groups (broad SMARTS) is 1. The van der Waals surface area contributed by atoms with Crippen LogP contribution in [0.4, 0.5) is 5.69 Å². The largest absolute Gasteiger partial charge is 0.481 e. The number of fused-ring (bicyclic) bond motifs is 1. The average molecular weight is 400 g/mol.